The Morgan fingerprint density at radius 2 is 1.88 bits per heavy atom. The normalized spacial score (nSPS) is 18.4. The van der Waals surface area contributed by atoms with Crippen molar-refractivity contribution in [3.05, 3.63) is 40.6 Å². The third-order valence-corrected chi connectivity index (χ3v) is 5.74. The smallest absolute Gasteiger partial charge is 0.254 e. The number of carbonyl (C=O) groups excluding carboxylic acids is 1. The van der Waals surface area contributed by atoms with Gasteiger partial charge in [0.2, 0.25) is 0 Å². The van der Waals surface area contributed by atoms with E-state index in [9.17, 15) is 4.79 Å². The van der Waals surface area contributed by atoms with Gasteiger partial charge < -0.3 is 9.80 Å². The summed E-state index contributed by atoms with van der Waals surface area (Å²) >= 11 is 0. The van der Waals surface area contributed by atoms with E-state index in [-0.39, 0.29) is 5.91 Å². The zero-order valence-corrected chi connectivity index (χ0v) is 15.3. The highest BCUT2D eigenvalue weighted by molar-refractivity contribution is 6.08. The first kappa shape index (κ1) is 16.5. The van der Waals surface area contributed by atoms with Crippen LogP contribution < -0.4 is 0 Å². The highest BCUT2D eigenvalue weighted by atomic mass is 16.2. The first-order chi connectivity index (χ1) is 12.2. The van der Waals surface area contributed by atoms with Crippen LogP contribution >= 0.6 is 0 Å². The van der Waals surface area contributed by atoms with Gasteiger partial charge in [0.25, 0.3) is 5.91 Å². The van der Waals surface area contributed by atoms with Crippen LogP contribution in [0.4, 0.5) is 0 Å². The molecule has 2 aromatic rings. The Morgan fingerprint density at radius 1 is 1.12 bits per heavy atom. The van der Waals surface area contributed by atoms with Gasteiger partial charge in [0.1, 0.15) is 0 Å². The van der Waals surface area contributed by atoms with E-state index in [4.69, 9.17) is 4.98 Å². The summed E-state index contributed by atoms with van der Waals surface area (Å²) in [5.74, 6) is 0.215. The number of fused-ring (bicyclic) bond motifs is 2. The van der Waals surface area contributed by atoms with Crippen LogP contribution in [0.15, 0.2) is 18.2 Å². The number of piperazine rings is 1. The van der Waals surface area contributed by atoms with Gasteiger partial charge >= 0.3 is 0 Å². The standard InChI is InChI=1S/C21H27N3O/c1-3-23-10-12-24(13-11-23)21(25)20-16-6-4-5-7-18(16)22-19-9-8-15(2)14-17(19)20/h8-9,14H,3-7,10-13H2,1-2H3. The zero-order chi connectivity index (χ0) is 17.4. The Hall–Kier alpha value is -1.94. The molecule has 0 unspecified atom stereocenters. The fraction of sp³-hybridized carbons (Fsp3) is 0.524. The van der Waals surface area contributed by atoms with Crippen LogP contribution in [-0.2, 0) is 12.8 Å². The molecule has 0 spiro atoms. The van der Waals surface area contributed by atoms with Gasteiger partial charge in [-0.15, -0.1) is 0 Å². The molecule has 0 atom stereocenters. The van der Waals surface area contributed by atoms with Crippen molar-refractivity contribution in [2.24, 2.45) is 0 Å². The van der Waals surface area contributed by atoms with Crippen LogP contribution in [0.5, 0.6) is 0 Å². The highest BCUT2D eigenvalue weighted by Gasteiger charge is 2.28. The highest BCUT2D eigenvalue weighted by Crippen LogP contribution is 2.31. The molecule has 0 N–H and O–H groups in total. The maximum absolute atomic E-state index is 13.5. The summed E-state index contributed by atoms with van der Waals surface area (Å²) in [6, 6.07) is 6.32. The van der Waals surface area contributed by atoms with Crippen molar-refractivity contribution >= 4 is 16.8 Å². The van der Waals surface area contributed by atoms with E-state index in [1.54, 1.807) is 0 Å². The lowest BCUT2D eigenvalue weighted by atomic mass is 9.89. The number of aryl methyl sites for hydroxylation is 2. The zero-order valence-electron chi connectivity index (χ0n) is 15.3. The second-order valence-electron chi connectivity index (χ2n) is 7.37. The third-order valence-electron chi connectivity index (χ3n) is 5.74. The molecule has 1 aliphatic heterocycles. The van der Waals surface area contributed by atoms with E-state index in [2.05, 4.69) is 41.8 Å². The molecule has 4 nitrogen and oxygen atoms in total. The lowest BCUT2D eigenvalue weighted by molar-refractivity contribution is 0.0644. The Labute approximate surface area is 149 Å². The number of carbonyl (C=O) groups is 1. The van der Waals surface area contributed by atoms with Crippen LogP contribution in [0.3, 0.4) is 0 Å². The van der Waals surface area contributed by atoms with Crippen LogP contribution in [0, 0.1) is 6.92 Å². The first-order valence-corrected chi connectivity index (χ1v) is 9.61. The lowest BCUT2D eigenvalue weighted by Crippen LogP contribution is -2.48. The fourth-order valence-corrected chi connectivity index (χ4v) is 4.21. The monoisotopic (exact) mass is 337 g/mol. The largest absolute Gasteiger partial charge is 0.336 e. The minimum atomic E-state index is 0.215. The van der Waals surface area contributed by atoms with Gasteiger partial charge in [-0.2, -0.15) is 0 Å². The number of hydrogen-bond donors (Lipinski definition) is 0. The average Bonchev–Trinajstić information content (AvgIpc) is 2.66. The van der Waals surface area contributed by atoms with Crippen molar-refractivity contribution in [3.8, 4) is 0 Å². The van der Waals surface area contributed by atoms with Gasteiger partial charge in [-0.05, 0) is 56.8 Å². The van der Waals surface area contributed by atoms with Crippen molar-refractivity contribution in [1.82, 2.24) is 14.8 Å². The number of hydrogen-bond acceptors (Lipinski definition) is 3. The number of likely N-dealkylation sites (N-methyl/N-ethyl adjacent to an activating group) is 1. The second-order valence-corrected chi connectivity index (χ2v) is 7.37. The molecule has 0 bridgehead atoms. The molecule has 25 heavy (non-hydrogen) atoms. The van der Waals surface area contributed by atoms with Crippen LogP contribution in [0.25, 0.3) is 10.9 Å². The molecule has 1 aliphatic carbocycles. The van der Waals surface area contributed by atoms with E-state index in [0.717, 1.165) is 74.1 Å². The number of nitrogens with zero attached hydrogens (tertiary/aromatic N) is 3. The summed E-state index contributed by atoms with van der Waals surface area (Å²) in [6.45, 7) is 8.96. The van der Waals surface area contributed by atoms with E-state index in [1.807, 2.05) is 0 Å². The van der Waals surface area contributed by atoms with Gasteiger partial charge in [-0.3, -0.25) is 9.78 Å². The number of pyridine rings is 1. The topological polar surface area (TPSA) is 36.4 Å². The molecule has 0 saturated carbocycles. The summed E-state index contributed by atoms with van der Waals surface area (Å²) in [5, 5.41) is 1.04. The van der Waals surface area contributed by atoms with Gasteiger partial charge in [-0.25, -0.2) is 0 Å². The number of amides is 1. The molecule has 4 heteroatoms. The van der Waals surface area contributed by atoms with Crippen molar-refractivity contribution in [2.75, 3.05) is 32.7 Å². The van der Waals surface area contributed by atoms with Gasteiger partial charge in [0, 0.05) is 37.3 Å². The van der Waals surface area contributed by atoms with Crippen molar-refractivity contribution < 1.29 is 4.79 Å². The van der Waals surface area contributed by atoms with Gasteiger partial charge in [0.05, 0.1) is 11.1 Å². The van der Waals surface area contributed by atoms with E-state index in [1.165, 1.54) is 17.5 Å². The van der Waals surface area contributed by atoms with E-state index >= 15 is 0 Å². The first-order valence-electron chi connectivity index (χ1n) is 9.61. The Bertz CT molecular complexity index is 806. The molecule has 4 rings (SSSR count). The van der Waals surface area contributed by atoms with Crippen LogP contribution in [0.2, 0.25) is 0 Å². The predicted molar refractivity (Wildman–Crippen MR) is 101 cm³/mol. The van der Waals surface area contributed by atoms with Gasteiger partial charge in [-0.1, -0.05) is 18.6 Å². The summed E-state index contributed by atoms with van der Waals surface area (Å²) in [4.78, 5) is 22.8. The summed E-state index contributed by atoms with van der Waals surface area (Å²) in [7, 11) is 0. The maximum atomic E-state index is 13.5. The lowest BCUT2D eigenvalue weighted by Gasteiger charge is -2.35. The predicted octanol–water partition coefficient (Wildman–Crippen LogP) is 3.20. The summed E-state index contributed by atoms with van der Waals surface area (Å²) in [6.07, 6.45) is 4.33. The SMILES string of the molecule is CCN1CCN(C(=O)c2c3c(nc4ccc(C)cc24)CCCC3)CC1. The molecule has 1 aromatic heterocycles. The summed E-state index contributed by atoms with van der Waals surface area (Å²) in [5.41, 5.74) is 5.47. The quantitative estimate of drug-likeness (QED) is 0.844. The van der Waals surface area contributed by atoms with Gasteiger partial charge in [0.15, 0.2) is 0 Å². The molecular weight excluding hydrogens is 310 g/mol. The summed E-state index contributed by atoms with van der Waals surface area (Å²) < 4.78 is 0. The molecule has 1 aromatic carbocycles. The number of benzene rings is 1. The minimum absolute atomic E-state index is 0.215. The molecule has 2 aliphatic rings. The van der Waals surface area contributed by atoms with Crippen molar-refractivity contribution in [2.45, 2.75) is 39.5 Å². The van der Waals surface area contributed by atoms with Crippen molar-refractivity contribution in [3.63, 3.8) is 0 Å². The van der Waals surface area contributed by atoms with E-state index in [0.29, 0.717) is 0 Å². The number of rotatable bonds is 2. The molecule has 1 saturated heterocycles. The van der Waals surface area contributed by atoms with Crippen LogP contribution in [-0.4, -0.2) is 53.4 Å². The molecule has 2 heterocycles. The van der Waals surface area contributed by atoms with E-state index < -0.39 is 0 Å². The van der Waals surface area contributed by atoms with Crippen LogP contribution in [0.1, 0.15) is 46.9 Å². The Morgan fingerprint density at radius 3 is 2.64 bits per heavy atom. The Kier molecular flexibility index (Phi) is 4.46. The number of aromatic nitrogens is 1. The third kappa shape index (κ3) is 3.04. The fourth-order valence-electron chi connectivity index (χ4n) is 4.21. The second kappa shape index (κ2) is 6.75. The molecular formula is C21H27N3O. The molecule has 132 valence electrons. The molecule has 1 amide bonds. The van der Waals surface area contributed by atoms with Crippen molar-refractivity contribution in [1.29, 1.82) is 0 Å². The Balaban J connectivity index is 1.79. The molecule has 1 fully saturated rings. The molecule has 0 radical (unpaired) electrons. The minimum Gasteiger partial charge on any atom is -0.336 e. The average molecular weight is 337 g/mol. The maximum Gasteiger partial charge on any atom is 0.254 e.